The van der Waals surface area contributed by atoms with Crippen LogP contribution in [0, 0.1) is 5.82 Å². The average Bonchev–Trinajstić information content (AvgIpc) is 3.12. The van der Waals surface area contributed by atoms with Crippen LogP contribution in [0.15, 0.2) is 59.1 Å². The number of aromatic nitrogens is 1. The van der Waals surface area contributed by atoms with Gasteiger partial charge in [0.05, 0.1) is 7.11 Å². The molecule has 0 spiro atoms. The van der Waals surface area contributed by atoms with Crippen LogP contribution in [0.25, 0.3) is 17.3 Å². The monoisotopic (exact) mass is 364 g/mol. The van der Waals surface area contributed by atoms with E-state index in [1.54, 1.807) is 19.2 Å². The molecule has 0 saturated heterocycles. The van der Waals surface area contributed by atoms with Crippen LogP contribution in [-0.4, -0.2) is 30.3 Å². The molecule has 0 fully saturated rings. The fourth-order valence-corrected chi connectivity index (χ4v) is 3.34. The van der Waals surface area contributed by atoms with Crippen LogP contribution in [0.1, 0.15) is 16.9 Å². The quantitative estimate of drug-likeness (QED) is 0.665. The van der Waals surface area contributed by atoms with Gasteiger partial charge in [-0.05, 0) is 29.8 Å². The summed E-state index contributed by atoms with van der Waals surface area (Å²) in [6.07, 6.45) is 5.02. The highest BCUT2D eigenvalue weighted by atomic mass is 19.1. The Balaban J connectivity index is 1.46. The summed E-state index contributed by atoms with van der Waals surface area (Å²) >= 11 is 0. The maximum atomic E-state index is 14.1. The van der Waals surface area contributed by atoms with Crippen LogP contribution in [0.5, 0.6) is 5.75 Å². The van der Waals surface area contributed by atoms with E-state index in [1.807, 2.05) is 30.3 Å². The normalized spacial score (nSPS) is 14.4. The number of hydrogen-bond acceptors (Lipinski definition) is 4. The summed E-state index contributed by atoms with van der Waals surface area (Å²) in [5.74, 6) is 1.44. The van der Waals surface area contributed by atoms with Gasteiger partial charge in [0.1, 0.15) is 23.0 Å². The van der Waals surface area contributed by atoms with Crippen LogP contribution < -0.4 is 4.74 Å². The smallest absolute Gasteiger partial charge is 0.143 e. The van der Waals surface area contributed by atoms with Crippen molar-refractivity contribution in [2.75, 3.05) is 20.2 Å². The van der Waals surface area contributed by atoms with E-state index < -0.39 is 0 Å². The topological polar surface area (TPSA) is 38.5 Å². The largest absolute Gasteiger partial charge is 0.497 e. The van der Waals surface area contributed by atoms with E-state index in [2.05, 4.69) is 22.2 Å². The van der Waals surface area contributed by atoms with Crippen molar-refractivity contribution in [2.24, 2.45) is 0 Å². The first kappa shape index (κ1) is 17.5. The zero-order valence-corrected chi connectivity index (χ0v) is 15.2. The highest BCUT2D eigenvalue weighted by Crippen LogP contribution is 2.31. The molecule has 138 valence electrons. The van der Waals surface area contributed by atoms with Crippen molar-refractivity contribution in [1.82, 2.24) is 10.1 Å². The van der Waals surface area contributed by atoms with Crippen molar-refractivity contribution in [3.63, 3.8) is 0 Å². The number of hydrogen-bond donors (Lipinski definition) is 0. The Morgan fingerprint density at radius 2 is 2.00 bits per heavy atom. The Hall–Kier alpha value is -2.92. The second kappa shape index (κ2) is 7.76. The first-order chi connectivity index (χ1) is 13.2. The van der Waals surface area contributed by atoms with E-state index >= 15 is 0 Å². The molecule has 1 aromatic heterocycles. The lowest BCUT2D eigenvalue weighted by Crippen LogP contribution is -2.30. The molecule has 0 bridgehead atoms. The van der Waals surface area contributed by atoms with Gasteiger partial charge in [0.25, 0.3) is 0 Å². The van der Waals surface area contributed by atoms with Crippen LogP contribution in [-0.2, 0) is 13.0 Å². The van der Waals surface area contributed by atoms with E-state index in [9.17, 15) is 4.39 Å². The first-order valence-corrected chi connectivity index (χ1v) is 9.00. The molecule has 0 unspecified atom stereocenters. The molecule has 2 aromatic carbocycles. The summed E-state index contributed by atoms with van der Waals surface area (Å²) in [4.78, 5) is 2.31. The fraction of sp³-hybridized carbons (Fsp3) is 0.227. The van der Waals surface area contributed by atoms with Crippen LogP contribution in [0.2, 0.25) is 0 Å². The molecule has 5 heteroatoms. The summed E-state index contributed by atoms with van der Waals surface area (Å²) in [6, 6.07) is 14.7. The number of fused-ring (bicyclic) bond motifs is 1. The summed E-state index contributed by atoms with van der Waals surface area (Å²) in [5.41, 5.74) is 3.24. The zero-order chi connectivity index (χ0) is 18.6. The molecule has 2 heterocycles. The Labute approximate surface area is 157 Å². The molecule has 4 nitrogen and oxygen atoms in total. The van der Waals surface area contributed by atoms with Gasteiger partial charge in [-0.15, -0.1) is 0 Å². The van der Waals surface area contributed by atoms with Gasteiger partial charge < -0.3 is 9.26 Å². The second-order valence-electron chi connectivity index (χ2n) is 6.57. The van der Waals surface area contributed by atoms with E-state index in [-0.39, 0.29) is 5.82 Å². The molecule has 1 aliphatic rings. The molecule has 4 rings (SSSR count). The van der Waals surface area contributed by atoms with Crippen LogP contribution in [0.4, 0.5) is 4.39 Å². The molecule has 0 N–H and O–H groups in total. The average molecular weight is 364 g/mol. The summed E-state index contributed by atoms with van der Waals surface area (Å²) < 4.78 is 24.8. The third kappa shape index (κ3) is 3.78. The third-order valence-electron chi connectivity index (χ3n) is 4.83. The second-order valence-corrected chi connectivity index (χ2v) is 6.57. The zero-order valence-electron chi connectivity index (χ0n) is 15.2. The van der Waals surface area contributed by atoms with E-state index in [1.165, 1.54) is 6.07 Å². The standard InChI is InChI=1S/C22H21FN2O2/c1-26-17-10-8-16(9-11-17)5-4-13-25-14-12-21-19(15-25)22(24-27-21)18-6-2-3-7-20(18)23/h2-11H,12-15H2,1H3/b5-4+. The lowest BCUT2D eigenvalue weighted by atomic mass is 10.0. The van der Waals surface area contributed by atoms with Crippen molar-refractivity contribution in [3.8, 4) is 17.0 Å². The van der Waals surface area contributed by atoms with Crippen molar-refractivity contribution < 1.29 is 13.7 Å². The van der Waals surface area contributed by atoms with Crippen LogP contribution in [0.3, 0.4) is 0 Å². The minimum absolute atomic E-state index is 0.273. The van der Waals surface area contributed by atoms with Crippen molar-refractivity contribution in [1.29, 1.82) is 0 Å². The molecule has 0 saturated carbocycles. The number of nitrogens with zero attached hydrogens (tertiary/aromatic N) is 2. The van der Waals surface area contributed by atoms with Gasteiger partial charge in [-0.3, -0.25) is 4.90 Å². The van der Waals surface area contributed by atoms with E-state index in [0.29, 0.717) is 17.8 Å². The molecule has 0 aliphatic carbocycles. The van der Waals surface area contributed by atoms with Gasteiger partial charge >= 0.3 is 0 Å². The summed E-state index contributed by atoms with van der Waals surface area (Å²) in [7, 11) is 1.66. The van der Waals surface area contributed by atoms with Gasteiger partial charge in [-0.2, -0.15) is 0 Å². The SMILES string of the molecule is COc1ccc(/C=C/CN2CCc3onc(-c4ccccc4F)c3C2)cc1. The predicted molar refractivity (Wildman–Crippen MR) is 103 cm³/mol. The van der Waals surface area contributed by atoms with Crippen molar-refractivity contribution in [2.45, 2.75) is 13.0 Å². The molecule has 3 aromatic rings. The first-order valence-electron chi connectivity index (χ1n) is 9.00. The van der Waals surface area contributed by atoms with Gasteiger partial charge in [0.15, 0.2) is 0 Å². The van der Waals surface area contributed by atoms with Gasteiger partial charge in [-0.1, -0.05) is 41.6 Å². The van der Waals surface area contributed by atoms with Gasteiger partial charge in [-0.25, -0.2) is 4.39 Å². The molecule has 27 heavy (non-hydrogen) atoms. The number of rotatable bonds is 5. The summed E-state index contributed by atoms with van der Waals surface area (Å²) in [5, 5.41) is 4.14. The lowest BCUT2D eigenvalue weighted by molar-refractivity contribution is 0.258. The number of halogens is 1. The van der Waals surface area contributed by atoms with E-state index in [4.69, 9.17) is 9.26 Å². The molecule has 0 amide bonds. The Bertz CT molecular complexity index is 947. The third-order valence-corrected chi connectivity index (χ3v) is 4.83. The molecule has 1 aliphatic heterocycles. The minimum atomic E-state index is -0.273. The number of methoxy groups -OCH3 is 1. The predicted octanol–water partition coefficient (Wildman–Crippen LogP) is 4.56. The fourth-order valence-electron chi connectivity index (χ4n) is 3.34. The van der Waals surface area contributed by atoms with Crippen molar-refractivity contribution >= 4 is 6.08 Å². The number of benzene rings is 2. The maximum absolute atomic E-state index is 14.1. The Morgan fingerprint density at radius 3 is 2.78 bits per heavy atom. The van der Waals surface area contributed by atoms with Gasteiger partial charge in [0, 0.05) is 37.2 Å². The highest BCUT2D eigenvalue weighted by Gasteiger charge is 2.25. The van der Waals surface area contributed by atoms with E-state index in [0.717, 1.165) is 42.1 Å². The number of ether oxygens (including phenoxy) is 1. The molecule has 0 atom stereocenters. The summed E-state index contributed by atoms with van der Waals surface area (Å²) in [6.45, 7) is 2.41. The van der Waals surface area contributed by atoms with Crippen molar-refractivity contribution in [3.05, 3.63) is 77.3 Å². The molecular weight excluding hydrogens is 343 g/mol. The van der Waals surface area contributed by atoms with Gasteiger partial charge in [0.2, 0.25) is 0 Å². The van der Waals surface area contributed by atoms with Crippen LogP contribution >= 0.6 is 0 Å². The highest BCUT2D eigenvalue weighted by molar-refractivity contribution is 5.64. The Morgan fingerprint density at radius 1 is 1.19 bits per heavy atom. The Kier molecular flexibility index (Phi) is 5.03. The minimum Gasteiger partial charge on any atom is -0.497 e. The molecule has 0 radical (unpaired) electrons. The maximum Gasteiger partial charge on any atom is 0.143 e. The molecular formula is C22H21FN2O2. The lowest BCUT2D eigenvalue weighted by Gasteiger charge is -2.24.